The van der Waals surface area contributed by atoms with Crippen LogP contribution in [0.15, 0.2) is 67.0 Å². The third-order valence-electron chi connectivity index (χ3n) is 7.56. The fraction of sp³-hybridized carbons (Fsp3) is 0.382. The molecule has 10 nitrogen and oxygen atoms in total. The second-order valence-corrected chi connectivity index (χ2v) is 11.3. The number of aryl methyl sites for hydroxylation is 1. The average molecular weight is 600 g/mol. The molecule has 2 N–H and O–H groups in total. The molecule has 0 saturated carbocycles. The lowest BCUT2D eigenvalue weighted by atomic mass is 10.1. The van der Waals surface area contributed by atoms with Gasteiger partial charge in [0.1, 0.15) is 11.6 Å². The Bertz CT molecular complexity index is 1580. The van der Waals surface area contributed by atoms with E-state index in [1.165, 1.54) is 0 Å². The van der Waals surface area contributed by atoms with E-state index in [1.54, 1.807) is 19.4 Å². The van der Waals surface area contributed by atoms with Crippen LogP contribution in [-0.4, -0.2) is 103 Å². The van der Waals surface area contributed by atoms with Crippen LogP contribution in [0, 0.1) is 0 Å². The van der Waals surface area contributed by atoms with E-state index >= 15 is 0 Å². The van der Waals surface area contributed by atoms with E-state index in [2.05, 4.69) is 47.9 Å². The summed E-state index contributed by atoms with van der Waals surface area (Å²) < 4.78 is 7.96. The van der Waals surface area contributed by atoms with Crippen LogP contribution < -0.4 is 15.0 Å². The molecule has 2 aromatic heterocycles. The van der Waals surface area contributed by atoms with Crippen LogP contribution in [0.1, 0.15) is 17.8 Å². The summed E-state index contributed by atoms with van der Waals surface area (Å²) in [5, 5.41) is 13.3. The Labute approximate surface area is 260 Å². The minimum Gasteiger partial charge on any atom is -0.496 e. The van der Waals surface area contributed by atoms with Gasteiger partial charge in [0.25, 0.3) is 0 Å². The molecular formula is C34H45N7O3. The highest BCUT2D eigenvalue weighted by Gasteiger charge is 2.18. The number of likely N-dealkylation sites (N-methyl/N-ethyl adjacent to an activating group) is 3. The van der Waals surface area contributed by atoms with Crippen molar-refractivity contribution in [3.8, 4) is 17.0 Å². The number of amides is 1. The summed E-state index contributed by atoms with van der Waals surface area (Å²) in [6, 6.07) is 14.2. The predicted molar refractivity (Wildman–Crippen MR) is 179 cm³/mol. The van der Waals surface area contributed by atoms with Crippen molar-refractivity contribution in [2.75, 3.05) is 78.3 Å². The molecule has 234 valence electrons. The number of aromatic nitrogens is 3. The molecule has 4 aromatic rings. The van der Waals surface area contributed by atoms with Gasteiger partial charge in [-0.15, -0.1) is 0 Å². The number of methoxy groups -OCH3 is 1. The maximum absolute atomic E-state index is 13.0. The maximum atomic E-state index is 13.0. The zero-order valence-corrected chi connectivity index (χ0v) is 26.7. The highest BCUT2D eigenvalue weighted by Crippen LogP contribution is 2.35. The van der Waals surface area contributed by atoms with E-state index in [0.717, 1.165) is 53.0 Å². The number of hydrogen-bond donors (Lipinski definition) is 2. The highest BCUT2D eigenvalue weighted by molar-refractivity contribution is 6.02. The summed E-state index contributed by atoms with van der Waals surface area (Å²) in [5.74, 6) is 1.15. The van der Waals surface area contributed by atoms with E-state index in [1.807, 2.05) is 71.6 Å². The number of nitrogens with one attached hydrogen (secondary N) is 1. The molecule has 0 aliphatic heterocycles. The van der Waals surface area contributed by atoms with Gasteiger partial charge in [-0.2, -0.15) is 0 Å². The second-order valence-electron chi connectivity index (χ2n) is 11.3. The largest absolute Gasteiger partial charge is 0.496 e. The lowest BCUT2D eigenvalue weighted by Crippen LogP contribution is -2.29. The van der Waals surface area contributed by atoms with E-state index in [4.69, 9.17) is 14.8 Å². The number of anilines is 2. The summed E-state index contributed by atoms with van der Waals surface area (Å²) in [7, 11) is 11.7. The number of fused-ring (bicyclic) bond motifs is 1. The first-order valence-corrected chi connectivity index (χ1v) is 14.9. The molecule has 2 heterocycles. The maximum Gasteiger partial charge on any atom is 0.248 e. The Morgan fingerprint density at radius 2 is 1.89 bits per heavy atom. The summed E-state index contributed by atoms with van der Waals surface area (Å²) in [4.78, 5) is 28.9. The number of carbonyl (C=O) groups excluding carboxylic acids is 1. The molecule has 0 spiro atoms. The lowest BCUT2D eigenvalue weighted by molar-refractivity contribution is -0.111. The number of rotatable bonds is 15. The molecule has 0 radical (unpaired) electrons. The molecule has 44 heavy (non-hydrogen) atoms. The molecular weight excluding hydrogens is 554 g/mol. The lowest BCUT2D eigenvalue weighted by Gasteiger charge is -2.26. The van der Waals surface area contributed by atoms with Crippen molar-refractivity contribution < 1.29 is 14.6 Å². The minimum atomic E-state index is -0.215. The summed E-state index contributed by atoms with van der Waals surface area (Å²) in [5.41, 5.74) is 5.47. The van der Waals surface area contributed by atoms with Crippen molar-refractivity contribution in [1.82, 2.24) is 24.3 Å². The summed E-state index contributed by atoms with van der Waals surface area (Å²) >= 11 is 0. The third kappa shape index (κ3) is 8.43. The van der Waals surface area contributed by atoms with Crippen molar-refractivity contribution in [2.45, 2.75) is 12.8 Å². The van der Waals surface area contributed by atoms with Crippen molar-refractivity contribution in [3.63, 3.8) is 0 Å². The van der Waals surface area contributed by atoms with E-state index in [-0.39, 0.29) is 12.5 Å². The molecule has 4 rings (SSSR count). The molecule has 1 amide bonds. The van der Waals surface area contributed by atoms with Gasteiger partial charge in [-0.3, -0.25) is 4.79 Å². The van der Waals surface area contributed by atoms with Gasteiger partial charge in [0.2, 0.25) is 5.91 Å². The Balaban J connectivity index is 1.63. The highest BCUT2D eigenvalue weighted by atomic mass is 16.5. The third-order valence-corrected chi connectivity index (χ3v) is 7.56. The van der Waals surface area contributed by atoms with Gasteiger partial charge < -0.3 is 34.4 Å². The van der Waals surface area contributed by atoms with Crippen LogP contribution in [0.2, 0.25) is 0 Å². The Morgan fingerprint density at radius 3 is 2.64 bits per heavy atom. The Hall–Kier alpha value is -4.25. The predicted octanol–water partition coefficient (Wildman–Crippen LogP) is 4.04. The van der Waals surface area contributed by atoms with Crippen molar-refractivity contribution >= 4 is 28.2 Å². The smallest absolute Gasteiger partial charge is 0.248 e. The van der Waals surface area contributed by atoms with Crippen LogP contribution in [0.5, 0.6) is 5.75 Å². The number of para-hydroxylation sites is 1. The molecule has 2 aromatic carbocycles. The first-order valence-electron chi connectivity index (χ1n) is 14.9. The van der Waals surface area contributed by atoms with Crippen molar-refractivity contribution in [3.05, 3.63) is 78.4 Å². The van der Waals surface area contributed by atoms with Crippen LogP contribution >= 0.6 is 0 Å². The molecule has 0 saturated heterocycles. The van der Waals surface area contributed by atoms with Gasteiger partial charge in [-0.1, -0.05) is 24.3 Å². The van der Waals surface area contributed by atoms with Gasteiger partial charge in [0.05, 0.1) is 24.2 Å². The van der Waals surface area contributed by atoms with Gasteiger partial charge in [-0.25, -0.2) is 9.97 Å². The van der Waals surface area contributed by atoms with E-state index < -0.39 is 0 Å². The molecule has 0 aliphatic rings. The number of hydrogen-bond acceptors (Lipinski definition) is 8. The van der Waals surface area contributed by atoms with Crippen LogP contribution in [0.3, 0.4) is 0 Å². The number of carbonyl (C=O) groups is 1. The van der Waals surface area contributed by atoms with Crippen LogP contribution in [0.25, 0.3) is 22.2 Å². The Kier molecular flexibility index (Phi) is 11.5. The molecule has 0 bridgehead atoms. The summed E-state index contributed by atoms with van der Waals surface area (Å²) in [6.07, 6.45) is 8.40. The number of nitrogens with zero attached hydrogens (tertiary/aromatic N) is 6. The first kappa shape index (κ1) is 32.7. The van der Waals surface area contributed by atoms with Crippen LogP contribution in [0.4, 0.5) is 11.4 Å². The summed E-state index contributed by atoms with van der Waals surface area (Å²) in [6.45, 7) is 3.13. The fourth-order valence-corrected chi connectivity index (χ4v) is 5.12. The first-order chi connectivity index (χ1) is 21.2. The molecule has 10 heteroatoms. The quantitative estimate of drug-likeness (QED) is 0.198. The second kappa shape index (κ2) is 15.5. The molecule has 0 unspecified atom stereocenters. The van der Waals surface area contributed by atoms with Crippen molar-refractivity contribution in [2.24, 2.45) is 7.05 Å². The zero-order valence-electron chi connectivity index (χ0n) is 26.7. The normalized spacial score (nSPS) is 11.7. The van der Waals surface area contributed by atoms with Gasteiger partial charge >= 0.3 is 0 Å². The zero-order chi connectivity index (χ0) is 31.6. The number of ether oxygens (including phenoxy) is 1. The van der Waals surface area contributed by atoms with Gasteiger partial charge in [0, 0.05) is 99.9 Å². The van der Waals surface area contributed by atoms with Crippen molar-refractivity contribution in [1.29, 1.82) is 0 Å². The minimum absolute atomic E-state index is 0.150. The molecule has 0 atom stereocenters. The monoisotopic (exact) mass is 599 g/mol. The SMILES string of the molecule is COc1cc(N(C)CCN(C)C)c(NC(=O)/C=C/CN(C)CCCO)cc1Cc1nccc(-c2cn(C)c3ccccc23)n1. The van der Waals surface area contributed by atoms with E-state index in [0.29, 0.717) is 36.6 Å². The number of aliphatic hydroxyl groups is 1. The number of benzene rings is 2. The standard InChI is InChI=1S/C34H45N7O3/c1-38(2)18-19-40(4)31-23-32(44-6)25(21-29(31)37-34(43)13-9-16-39(3)17-10-20-42)22-33-35-15-14-28(36-33)27-24-41(5)30-12-8-7-11-26(27)30/h7-9,11-15,21,23-24,42H,10,16-20,22H2,1-6H3,(H,37,43)/b13-9+. The van der Waals surface area contributed by atoms with Crippen LogP contribution in [-0.2, 0) is 18.3 Å². The Morgan fingerprint density at radius 1 is 1.09 bits per heavy atom. The molecule has 0 fully saturated rings. The fourth-order valence-electron chi connectivity index (χ4n) is 5.12. The molecule has 0 aliphatic carbocycles. The van der Waals surface area contributed by atoms with Gasteiger partial charge in [-0.05, 0) is 45.8 Å². The number of aliphatic hydroxyl groups excluding tert-OH is 1. The van der Waals surface area contributed by atoms with E-state index in [9.17, 15) is 4.79 Å². The topological polar surface area (TPSA) is 99.0 Å². The van der Waals surface area contributed by atoms with Gasteiger partial charge in [0.15, 0.2) is 0 Å². The average Bonchev–Trinajstić information content (AvgIpc) is 3.35.